The summed E-state index contributed by atoms with van der Waals surface area (Å²) in [7, 11) is 0. The van der Waals surface area contributed by atoms with Crippen LogP contribution in [0.2, 0.25) is 0 Å². The van der Waals surface area contributed by atoms with Crippen molar-refractivity contribution in [3.05, 3.63) is 42.5 Å². The zero-order valence-corrected chi connectivity index (χ0v) is 10.2. The van der Waals surface area contributed by atoms with Gasteiger partial charge in [0, 0.05) is 5.69 Å². The highest BCUT2D eigenvalue weighted by Gasteiger charge is 2.48. The van der Waals surface area contributed by atoms with Gasteiger partial charge in [0.05, 0.1) is 11.8 Å². The molecule has 2 aromatic rings. The monoisotopic (exact) mass is 255 g/mol. The fourth-order valence-electron chi connectivity index (χ4n) is 2.26. The predicted octanol–water partition coefficient (Wildman–Crippen LogP) is 2.50. The number of anilines is 1. The summed E-state index contributed by atoms with van der Waals surface area (Å²) in [5.41, 5.74) is 0.708. The van der Waals surface area contributed by atoms with E-state index in [1.54, 1.807) is 0 Å². The van der Waals surface area contributed by atoms with Crippen LogP contribution >= 0.6 is 0 Å². The van der Waals surface area contributed by atoms with Crippen molar-refractivity contribution in [1.29, 1.82) is 0 Å². The number of amides is 1. The summed E-state index contributed by atoms with van der Waals surface area (Å²) in [5, 5.41) is 13.7. The third-order valence-electron chi connectivity index (χ3n) is 3.46. The van der Waals surface area contributed by atoms with Crippen molar-refractivity contribution in [2.75, 3.05) is 5.32 Å². The fourth-order valence-corrected chi connectivity index (χ4v) is 2.26. The average molecular weight is 255 g/mol. The van der Waals surface area contributed by atoms with E-state index in [0.29, 0.717) is 12.1 Å². The number of rotatable bonds is 3. The van der Waals surface area contributed by atoms with Crippen LogP contribution in [0.1, 0.15) is 6.42 Å². The fraction of sp³-hybridized carbons (Fsp3) is 0.200. The molecule has 96 valence electrons. The van der Waals surface area contributed by atoms with Crippen LogP contribution in [-0.2, 0) is 9.59 Å². The van der Waals surface area contributed by atoms with Gasteiger partial charge in [-0.25, -0.2) is 0 Å². The second-order valence-electron chi connectivity index (χ2n) is 4.84. The van der Waals surface area contributed by atoms with Crippen LogP contribution in [0.5, 0.6) is 0 Å². The van der Waals surface area contributed by atoms with Gasteiger partial charge in [0.2, 0.25) is 5.91 Å². The van der Waals surface area contributed by atoms with Crippen LogP contribution in [0.4, 0.5) is 5.69 Å². The van der Waals surface area contributed by atoms with Gasteiger partial charge in [-0.2, -0.15) is 0 Å². The summed E-state index contributed by atoms with van der Waals surface area (Å²) in [6.45, 7) is 0. The molecule has 2 aromatic carbocycles. The van der Waals surface area contributed by atoms with Crippen LogP contribution in [0.15, 0.2) is 42.5 Å². The van der Waals surface area contributed by atoms with Gasteiger partial charge in [0.1, 0.15) is 0 Å². The number of carbonyl (C=O) groups excluding carboxylic acids is 1. The second-order valence-corrected chi connectivity index (χ2v) is 4.84. The molecule has 19 heavy (non-hydrogen) atoms. The summed E-state index contributed by atoms with van der Waals surface area (Å²) in [5.74, 6) is -1.99. The van der Waals surface area contributed by atoms with Gasteiger partial charge in [-0.15, -0.1) is 0 Å². The Bertz CT molecular complexity index is 665. The Morgan fingerprint density at radius 3 is 2.47 bits per heavy atom. The molecule has 0 heterocycles. The van der Waals surface area contributed by atoms with Gasteiger partial charge in [0.15, 0.2) is 0 Å². The third-order valence-corrected chi connectivity index (χ3v) is 3.46. The minimum Gasteiger partial charge on any atom is -0.481 e. The number of carbonyl (C=O) groups is 2. The van der Waals surface area contributed by atoms with E-state index < -0.39 is 11.9 Å². The van der Waals surface area contributed by atoms with Crippen molar-refractivity contribution in [2.24, 2.45) is 11.8 Å². The number of carboxylic acid groups (broad SMARTS) is 1. The lowest BCUT2D eigenvalue weighted by Gasteiger charge is -2.06. The Morgan fingerprint density at radius 2 is 1.79 bits per heavy atom. The number of hydrogen-bond acceptors (Lipinski definition) is 2. The second kappa shape index (κ2) is 4.39. The lowest BCUT2D eigenvalue weighted by Crippen LogP contribution is -2.16. The molecule has 1 aliphatic rings. The van der Waals surface area contributed by atoms with E-state index in [2.05, 4.69) is 5.32 Å². The van der Waals surface area contributed by atoms with Gasteiger partial charge >= 0.3 is 5.97 Å². The molecule has 1 saturated carbocycles. The Morgan fingerprint density at radius 1 is 1.05 bits per heavy atom. The SMILES string of the molecule is O=C(O)[C@H]1C[C@H]1C(=O)Nc1ccc2ccccc2c1. The summed E-state index contributed by atoms with van der Waals surface area (Å²) in [6, 6.07) is 13.5. The van der Waals surface area contributed by atoms with Gasteiger partial charge in [-0.05, 0) is 29.3 Å². The minimum absolute atomic E-state index is 0.206. The van der Waals surface area contributed by atoms with Crippen molar-refractivity contribution in [3.8, 4) is 0 Å². The predicted molar refractivity (Wildman–Crippen MR) is 71.8 cm³/mol. The number of carboxylic acids is 1. The molecule has 0 radical (unpaired) electrons. The number of aliphatic carboxylic acids is 1. The molecule has 1 amide bonds. The zero-order chi connectivity index (χ0) is 13.4. The Balaban J connectivity index is 1.75. The van der Waals surface area contributed by atoms with Crippen LogP contribution in [0, 0.1) is 11.8 Å². The Kier molecular flexibility index (Phi) is 2.71. The lowest BCUT2D eigenvalue weighted by molar-refractivity contribution is -0.139. The average Bonchev–Trinajstić information content (AvgIpc) is 3.19. The zero-order valence-electron chi connectivity index (χ0n) is 10.2. The van der Waals surface area contributed by atoms with Crippen LogP contribution in [-0.4, -0.2) is 17.0 Å². The first kappa shape index (κ1) is 11.7. The third kappa shape index (κ3) is 2.29. The van der Waals surface area contributed by atoms with Gasteiger partial charge in [0.25, 0.3) is 0 Å². The first-order chi connectivity index (χ1) is 9.15. The van der Waals surface area contributed by atoms with E-state index in [9.17, 15) is 9.59 Å². The van der Waals surface area contributed by atoms with E-state index in [-0.39, 0.29) is 11.8 Å². The van der Waals surface area contributed by atoms with Crippen molar-refractivity contribution < 1.29 is 14.7 Å². The summed E-state index contributed by atoms with van der Waals surface area (Å²) in [6.07, 6.45) is 0.439. The number of nitrogens with one attached hydrogen (secondary N) is 1. The maximum Gasteiger partial charge on any atom is 0.307 e. The molecule has 0 aliphatic heterocycles. The molecular formula is C15H13NO3. The molecule has 0 spiro atoms. The maximum absolute atomic E-state index is 11.9. The molecule has 4 heteroatoms. The highest BCUT2D eigenvalue weighted by molar-refractivity contribution is 5.99. The Hall–Kier alpha value is -2.36. The van der Waals surface area contributed by atoms with Crippen molar-refractivity contribution in [3.63, 3.8) is 0 Å². The van der Waals surface area contributed by atoms with Gasteiger partial charge in [-0.3, -0.25) is 9.59 Å². The number of fused-ring (bicyclic) bond motifs is 1. The van der Waals surface area contributed by atoms with Crippen molar-refractivity contribution >= 4 is 28.3 Å². The normalized spacial score (nSPS) is 21.1. The summed E-state index contributed by atoms with van der Waals surface area (Å²) < 4.78 is 0. The van der Waals surface area contributed by atoms with E-state index >= 15 is 0 Å². The molecule has 4 nitrogen and oxygen atoms in total. The van der Waals surface area contributed by atoms with Gasteiger partial charge in [-0.1, -0.05) is 30.3 Å². The Labute approximate surface area is 110 Å². The van der Waals surface area contributed by atoms with Crippen LogP contribution in [0.25, 0.3) is 10.8 Å². The molecule has 2 N–H and O–H groups in total. The highest BCUT2D eigenvalue weighted by Crippen LogP contribution is 2.39. The van der Waals surface area contributed by atoms with E-state index in [1.807, 2.05) is 42.5 Å². The van der Waals surface area contributed by atoms with Gasteiger partial charge < -0.3 is 10.4 Å². The highest BCUT2D eigenvalue weighted by atomic mass is 16.4. The first-order valence-electron chi connectivity index (χ1n) is 6.17. The molecule has 2 atom stereocenters. The van der Waals surface area contributed by atoms with Crippen LogP contribution < -0.4 is 5.32 Å². The number of hydrogen-bond donors (Lipinski definition) is 2. The topological polar surface area (TPSA) is 66.4 Å². The molecule has 1 aliphatic carbocycles. The largest absolute Gasteiger partial charge is 0.481 e. The molecule has 3 rings (SSSR count). The smallest absolute Gasteiger partial charge is 0.307 e. The quantitative estimate of drug-likeness (QED) is 0.885. The molecule has 0 aromatic heterocycles. The maximum atomic E-state index is 11.9. The van der Waals surface area contributed by atoms with Crippen LogP contribution in [0.3, 0.4) is 0 Å². The standard InChI is InChI=1S/C15H13NO3/c17-14(12-8-13(12)15(18)19)16-11-6-5-9-3-1-2-4-10(9)7-11/h1-7,12-13H,8H2,(H,16,17)(H,18,19)/t12-,13+/m1/s1. The lowest BCUT2D eigenvalue weighted by atomic mass is 10.1. The van der Waals surface area contributed by atoms with E-state index in [0.717, 1.165) is 10.8 Å². The van der Waals surface area contributed by atoms with Crippen molar-refractivity contribution in [1.82, 2.24) is 0 Å². The van der Waals surface area contributed by atoms with Crippen molar-refractivity contribution in [2.45, 2.75) is 6.42 Å². The summed E-state index contributed by atoms with van der Waals surface area (Å²) in [4.78, 5) is 22.6. The first-order valence-corrected chi connectivity index (χ1v) is 6.17. The molecule has 1 fully saturated rings. The van der Waals surface area contributed by atoms with E-state index in [1.165, 1.54) is 0 Å². The van der Waals surface area contributed by atoms with E-state index in [4.69, 9.17) is 5.11 Å². The molecule has 0 saturated heterocycles. The number of benzene rings is 2. The minimum atomic E-state index is -0.890. The molecular weight excluding hydrogens is 242 g/mol. The summed E-state index contributed by atoms with van der Waals surface area (Å²) >= 11 is 0. The molecule has 0 unspecified atom stereocenters. The molecule has 0 bridgehead atoms.